The van der Waals surface area contributed by atoms with E-state index in [0.29, 0.717) is 14.2 Å². The van der Waals surface area contributed by atoms with E-state index in [4.69, 9.17) is 11.6 Å². The second-order valence-corrected chi connectivity index (χ2v) is 5.05. The van der Waals surface area contributed by atoms with Crippen molar-refractivity contribution < 1.29 is 9.50 Å². The van der Waals surface area contributed by atoms with E-state index >= 15 is 0 Å². The van der Waals surface area contributed by atoms with Gasteiger partial charge in [-0.1, -0.05) is 23.7 Å². The minimum atomic E-state index is -1.03. The first-order valence-electron chi connectivity index (χ1n) is 4.83. The molecule has 2 aromatic rings. The van der Waals surface area contributed by atoms with Crippen molar-refractivity contribution in [3.63, 3.8) is 0 Å². The number of nitrogens with zero attached hydrogens (tertiary/aromatic N) is 1. The van der Waals surface area contributed by atoms with E-state index in [1.54, 1.807) is 30.3 Å². The summed E-state index contributed by atoms with van der Waals surface area (Å²) in [5.41, 5.74) is 0.773. The molecule has 0 aliphatic rings. The second kappa shape index (κ2) is 5.29. The van der Waals surface area contributed by atoms with Gasteiger partial charge >= 0.3 is 0 Å². The van der Waals surface area contributed by atoms with Crippen molar-refractivity contribution in [2.75, 3.05) is 0 Å². The van der Waals surface area contributed by atoms with Gasteiger partial charge in [0.1, 0.15) is 6.10 Å². The number of hydrogen-bond acceptors (Lipinski definition) is 2. The van der Waals surface area contributed by atoms with Crippen LogP contribution in [-0.4, -0.2) is 10.1 Å². The Labute approximate surface area is 117 Å². The topological polar surface area (TPSA) is 33.1 Å². The summed E-state index contributed by atoms with van der Waals surface area (Å²) in [7, 11) is 0. The van der Waals surface area contributed by atoms with Crippen LogP contribution >= 0.6 is 34.2 Å². The van der Waals surface area contributed by atoms with Crippen LogP contribution in [0, 0.1) is 9.52 Å². The fourth-order valence-electron chi connectivity index (χ4n) is 1.48. The van der Waals surface area contributed by atoms with Gasteiger partial charge in [0, 0.05) is 14.8 Å². The van der Waals surface area contributed by atoms with Crippen LogP contribution in [0.25, 0.3) is 0 Å². The Morgan fingerprint density at radius 3 is 2.47 bits per heavy atom. The summed E-state index contributed by atoms with van der Waals surface area (Å²) in [6.07, 6.45) is 0.336. The molecule has 0 aliphatic heterocycles. The highest BCUT2D eigenvalue weighted by molar-refractivity contribution is 14.1. The molecule has 5 heteroatoms. The molecular weight excluding hydrogens is 355 g/mol. The third-order valence-electron chi connectivity index (χ3n) is 2.35. The molecule has 0 bridgehead atoms. The SMILES string of the molecule is OC(c1ccc(Cl)cc1)c1c(I)ccnc1F. The lowest BCUT2D eigenvalue weighted by Crippen LogP contribution is -2.06. The van der Waals surface area contributed by atoms with Gasteiger partial charge in [-0.15, -0.1) is 0 Å². The average Bonchev–Trinajstić information content (AvgIpc) is 2.29. The molecule has 1 N–H and O–H groups in total. The van der Waals surface area contributed by atoms with Crippen LogP contribution in [0.2, 0.25) is 5.02 Å². The van der Waals surface area contributed by atoms with Crippen molar-refractivity contribution in [2.24, 2.45) is 0 Å². The Bertz CT molecular complexity index is 512. The first kappa shape index (κ1) is 12.7. The van der Waals surface area contributed by atoms with Gasteiger partial charge in [0.15, 0.2) is 0 Å². The molecule has 0 amide bonds. The van der Waals surface area contributed by atoms with Gasteiger partial charge in [-0.05, 0) is 46.4 Å². The number of aliphatic hydroxyl groups is 1. The molecule has 1 atom stereocenters. The van der Waals surface area contributed by atoms with E-state index in [2.05, 4.69) is 4.98 Å². The highest BCUT2D eigenvalue weighted by Crippen LogP contribution is 2.28. The summed E-state index contributed by atoms with van der Waals surface area (Å²) in [6, 6.07) is 8.28. The maximum atomic E-state index is 13.6. The standard InChI is InChI=1S/C12H8ClFINO/c13-8-3-1-7(2-4-8)11(17)10-9(15)5-6-16-12(10)14/h1-6,11,17H. The molecule has 2 rings (SSSR count). The third-order valence-corrected chi connectivity index (χ3v) is 3.54. The van der Waals surface area contributed by atoms with Crippen LogP contribution in [0.3, 0.4) is 0 Å². The van der Waals surface area contributed by atoms with Crippen molar-refractivity contribution in [3.05, 3.63) is 62.2 Å². The van der Waals surface area contributed by atoms with E-state index in [1.165, 1.54) is 6.20 Å². The molecule has 1 aromatic carbocycles. The molecule has 0 saturated carbocycles. The fourth-order valence-corrected chi connectivity index (χ4v) is 2.29. The van der Waals surface area contributed by atoms with Crippen LogP contribution < -0.4 is 0 Å². The van der Waals surface area contributed by atoms with Gasteiger partial charge in [0.25, 0.3) is 0 Å². The van der Waals surface area contributed by atoms with E-state index in [0.717, 1.165) is 0 Å². The van der Waals surface area contributed by atoms with Crippen LogP contribution in [0.1, 0.15) is 17.2 Å². The van der Waals surface area contributed by atoms with Crippen LogP contribution in [-0.2, 0) is 0 Å². The Balaban J connectivity index is 2.43. The predicted octanol–water partition coefficient (Wildman–Crippen LogP) is 3.56. The summed E-state index contributed by atoms with van der Waals surface area (Å²) < 4.78 is 14.2. The lowest BCUT2D eigenvalue weighted by Gasteiger charge is -2.13. The van der Waals surface area contributed by atoms with Crippen molar-refractivity contribution in [2.45, 2.75) is 6.10 Å². The lowest BCUT2D eigenvalue weighted by molar-refractivity contribution is 0.212. The Hall–Kier alpha value is -0.720. The van der Waals surface area contributed by atoms with Gasteiger partial charge in [-0.25, -0.2) is 4.98 Å². The number of benzene rings is 1. The first-order chi connectivity index (χ1) is 8.09. The van der Waals surface area contributed by atoms with Crippen molar-refractivity contribution in [3.8, 4) is 0 Å². The summed E-state index contributed by atoms with van der Waals surface area (Å²) in [5.74, 6) is -0.653. The van der Waals surface area contributed by atoms with Gasteiger partial charge < -0.3 is 5.11 Å². The molecule has 1 unspecified atom stereocenters. The number of halogens is 3. The first-order valence-corrected chi connectivity index (χ1v) is 6.28. The van der Waals surface area contributed by atoms with Gasteiger partial charge in [0.2, 0.25) is 5.95 Å². The number of aromatic nitrogens is 1. The van der Waals surface area contributed by atoms with E-state index in [-0.39, 0.29) is 5.56 Å². The summed E-state index contributed by atoms with van der Waals surface area (Å²) in [6.45, 7) is 0. The van der Waals surface area contributed by atoms with E-state index in [9.17, 15) is 9.50 Å². The van der Waals surface area contributed by atoms with Gasteiger partial charge in [-0.3, -0.25) is 0 Å². The van der Waals surface area contributed by atoms with Crippen LogP contribution in [0.15, 0.2) is 36.5 Å². The number of hydrogen-bond donors (Lipinski definition) is 1. The van der Waals surface area contributed by atoms with Crippen molar-refractivity contribution in [1.82, 2.24) is 4.98 Å². The minimum Gasteiger partial charge on any atom is -0.383 e. The summed E-state index contributed by atoms with van der Waals surface area (Å²) in [4.78, 5) is 3.55. The maximum Gasteiger partial charge on any atom is 0.220 e. The monoisotopic (exact) mass is 363 g/mol. The molecule has 17 heavy (non-hydrogen) atoms. The maximum absolute atomic E-state index is 13.6. The summed E-state index contributed by atoms with van der Waals surface area (Å²) in [5, 5.41) is 10.7. The molecule has 0 fully saturated rings. The molecule has 0 saturated heterocycles. The highest BCUT2D eigenvalue weighted by Gasteiger charge is 2.18. The summed E-state index contributed by atoms with van der Waals surface area (Å²) >= 11 is 7.72. The van der Waals surface area contributed by atoms with E-state index < -0.39 is 12.1 Å². The molecule has 0 radical (unpaired) electrons. The molecule has 0 spiro atoms. The Kier molecular flexibility index (Phi) is 3.96. The number of pyridine rings is 1. The third kappa shape index (κ3) is 2.75. The van der Waals surface area contributed by atoms with Crippen LogP contribution in [0.4, 0.5) is 4.39 Å². The Morgan fingerprint density at radius 2 is 1.88 bits per heavy atom. The normalized spacial score (nSPS) is 12.5. The highest BCUT2D eigenvalue weighted by atomic mass is 127. The zero-order chi connectivity index (χ0) is 12.4. The van der Waals surface area contributed by atoms with E-state index in [1.807, 2.05) is 22.6 Å². The molecule has 88 valence electrons. The largest absolute Gasteiger partial charge is 0.383 e. The number of rotatable bonds is 2. The van der Waals surface area contributed by atoms with Crippen molar-refractivity contribution in [1.29, 1.82) is 0 Å². The minimum absolute atomic E-state index is 0.190. The molecular formula is C12H8ClFINO. The van der Waals surface area contributed by atoms with Crippen LogP contribution in [0.5, 0.6) is 0 Å². The quantitative estimate of drug-likeness (QED) is 0.654. The molecule has 0 aliphatic carbocycles. The molecule has 1 aromatic heterocycles. The smallest absolute Gasteiger partial charge is 0.220 e. The molecule has 2 nitrogen and oxygen atoms in total. The fraction of sp³-hybridized carbons (Fsp3) is 0.0833. The average molecular weight is 364 g/mol. The Morgan fingerprint density at radius 1 is 1.24 bits per heavy atom. The lowest BCUT2D eigenvalue weighted by atomic mass is 10.0. The molecule has 1 heterocycles. The zero-order valence-corrected chi connectivity index (χ0v) is 11.5. The van der Waals surface area contributed by atoms with Crippen molar-refractivity contribution >= 4 is 34.2 Å². The zero-order valence-electron chi connectivity index (χ0n) is 8.57. The number of aliphatic hydroxyl groups excluding tert-OH is 1. The predicted molar refractivity (Wildman–Crippen MR) is 72.4 cm³/mol. The van der Waals surface area contributed by atoms with Gasteiger partial charge in [0.05, 0.1) is 5.56 Å². The second-order valence-electron chi connectivity index (χ2n) is 3.45. The van der Waals surface area contributed by atoms with Gasteiger partial charge in [-0.2, -0.15) is 4.39 Å².